The Labute approximate surface area is 123 Å². The molecule has 1 saturated heterocycles. The molecule has 0 bridgehead atoms. The average molecular weight is 272 g/mol. The van der Waals surface area contributed by atoms with E-state index in [2.05, 4.69) is 41.4 Å². The first kappa shape index (κ1) is 13.9. The van der Waals surface area contributed by atoms with Gasteiger partial charge < -0.3 is 5.32 Å². The van der Waals surface area contributed by atoms with Crippen molar-refractivity contribution in [1.82, 2.24) is 4.90 Å². The quantitative estimate of drug-likeness (QED) is 0.880. The van der Waals surface area contributed by atoms with Crippen LogP contribution in [0.3, 0.4) is 0 Å². The van der Waals surface area contributed by atoms with Crippen molar-refractivity contribution >= 4 is 5.69 Å². The number of benzene rings is 1. The maximum atomic E-state index is 3.78. The molecule has 1 heterocycles. The van der Waals surface area contributed by atoms with Crippen molar-refractivity contribution in [3.8, 4) is 0 Å². The van der Waals surface area contributed by atoms with Crippen molar-refractivity contribution in [1.29, 1.82) is 0 Å². The largest absolute Gasteiger partial charge is 0.382 e. The molecular formula is C18H28N2. The summed E-state index contributed by atoms with van der Waals surface area (Å²) in [5.41, 5.74) is 2.78. The molecular weight excluding hydrogens is 244 g/mol. The van der Waals surface area contributed by atoms with Crippen LogP contribution < -0.4 is 5.32 Å². The average Bonchev–Trinajstić information content (AvgIpc) is 2.95. The first-order valence-electron chi connectivity index (χ1n) is 8.39. The second kappa shape index (κ2) is 6.62. The topological polar surface area (TPSA) is 15.3 Å². The molecule has 110 valence electrons. The summed E-state index contributed by atoms with van der Waals surface area (Å²) in [4.78, 5) is 2.57. The molecule has 2 atom stereocenters. The Morgan fingerprint density at radius 2 is 1.90 bits per heavy atom. The van der Waals surface area contributed by atoms with Crippen LogP contribution in [0, 0.1) is 5.92 Å². The molecule has 1 N–H and O–H groups in total. The van der Waals surface area contributed by atoms with E-state index in [9.17, 15) is 0 Å². The SMILES string of the molecule is CC1CCCCC1Nc1cccc(CN2CCCC2)c1. The lowest BCUT2D eigenvalue weighted by Crippen LogP contribution is -2.30. The Morgan fingerprint density at radius 1 is 1.10 bits per heavy atom. The van der Waals surface area contributed by atoms with Gasteiger partial charge in [-0.2, -0.15) is 0 Å². The predicted molar refractivity (Wildman–Crippen MR) is 86.0 cm³/mol. The zero-order valence-corrected chi connectivity index (χ0v) is 12.8. The van der Waals surface area contributed by atoms with Gasteiger partial charge >= 0.3 is 0 Å². The highest BCUT2D eigenvalue weighted by molar-refractivity contribution is 5.46. The van der Waals surface area contributed by atoms with Crippen LogP contribution in [0.1, 0.15) is 51.0 Å². The van der Waals surface area contributed by atoms with Crippen molar-refractivity contribution in [3.05, 3.63) is 29.8 Å². The molecule has 2 nitrogen and oxygen atoms in total. The second-order valence-corrected chi connectivity index (χ2v) is 6.70. The molecule has 2 unspecified atom stereocenters. The van der Waals surface area contributed by atoms with E-state index in [1.165, 1.54) is 62.9 Å². The van der Waals surface area contributed by atoms with E-state index >= 15 is 0 Å². The summed E-state index contributed by atoms with van der Waals surface area (Å²) in [6.07, 6.45) is 8.25. The van der Waals surface area contributed by atoms with Crippen LogP contribution in [0.25, 0.3) is 0 Å². The van der Waals surface area contributed by atoms with Crippen LogP contribution in [0.5, 0.6) is 0 Å². The number of anilines is 1. The van der Waals surface area contributed by atoms with E-state index in [0.717, 1.165) is 12.5 Å². The summed E-state index contributed by atoms with van der Waals surface area (Å²) in [5.74, 6) is 0.811. The fourth-order valence-electron chi connectivity index (χ4n) is 3.70. The van der Waals surface area contributed by atoms with E-state index in [-0.39, 0.29) is 0 Å². The van der Waals surface area contributed by atoms with Gasteiger partial charge in [0.05, 0.1) is 0 Å². The molecule has 2 aliphatic rings. The number of hydrogen-bond donors (Lipinski definition) is 1. The minimum absolute atomic E-state index is 0.672. The third-order valence-electron chi connectivity index (χ3n) is 5.00. The van der Waals surface area contributed by atoms with Crippen LogP contribution >= 0.6 is 0 Å². The summed E-state index contributed by atoms with van der Waals surface area (Å²) < 4.78 is 0. The standard InChI is InChI=1S/C18H28N2/c1-15-7-2-3-10-18(15)19-17-9-6-8-16(13-17)14-20-11-4-5-12-20/h6,8-9,13,15,18-19H,2-5,7,10-12,14H2,1H3. The van der Waals surface area contributed by atoms with Crippen molar-refractivity contribution in [3.63, 3.8) is 0 Å². The highest BCUT2D eigenvalue weighted by atomic mass is 15.1. The Bertz CT molecular complexity index is 423. The van der Waals surface area contributed by atoms with Crippen molar-refractivity contribution in [2.45, 2.75) is 58.0 Å². The van der Waals surface area contributed by atoms with E-state index in [1.54, 1.807) is 0 Å². The zero-order chi connectivity index (χ0) is 13.8. The van der Waals surface area contributed by atoms with Gasteiger partial charge in [0.1, 0.15) is 0 Å². The molecule has 0 spiro atoms. The Kier molecular flexibility index (Phi) is 4.62. The number of nitrogens with zero attached hydrogens (tertiary/aromatic N) is 1. The van der Waals surface area contributed by atoms with Gasteiger partial charge in [0.15, 0.2) is 0 Å². The number of hydrogen-bond acceptors (Lipinski definition) is 2. The summed E-state index contributed by atoms with van der Waals surface area (Å²) in [6, 6.07) is 9.74. The fraction of sp³-hybridized carbons (Fsp3) is 0.667. The molecule has 1 aliphatic heterocycles. The van der Waals surface area contributed by atoms with Crippen molar-refractivity contribution < 1.29 is 0 Å². The minimum atomic E-state index is 0.672. The first-order valence-corrected chi connectivity index (χ1v) is 8.39. The fourth-order valence-corrected chi connectivity index (χ4v) is 3.70. The predicted octanol–water partition coefficient (Wildman–Crippen LogP) is 4.27. The van der Waals surface area contributed by atoms with Crippen LogP contribution in [-0.4, -0.2) is 24.0 Å². The van der Waals surface area contributed by atoms with Gasteiger partial charge in [0.2, 0.25) is 0 Å². The summed E-state index contributed by atoms with van der Waals surface area (Å²) in [5, 5.41) is 3.78. The number of rotatable bonds is 4. The van der Waals surface area contributed by atoms with Gasteiger partial charge in [0.25, 0.3) is 0 Å². The molecule has 1 aliphatic carbocycles. The highest BCUT2D eigenvalue weighted by Crippen LogP contribution is 2.27. The van der Waals surface area contributed by atoms with Crippen LogP contribution in [0.15, 0.2) is 24.3 Å². The normalized spacial score (nSPS) is 27.6. The molecule has 3 rings (SSSR count). The molecule has 1 aromatic carbocycles. The lowest BCUT2D eigenvalue weighted by atomic mass is 9.86. The lowest BCUT2D eigenvalue weighted by molar-refractivity contribution is 0.331. The number of nitrogens with one attached hydrogen (secondary N) is 1. The van der Waals surface area contributed by atoms with Gasteiger partial charge in [-0.1, -0.05) is 31.9 Å². The third kappa shape index (κ3) is 3.54. The lowest BCUT2D eigenvalue weighted by Gasteiger charge is -2.30. The molecule has 20 heavy (non-hydrogen) atoms. The molecule has 2 fully saturated rings. The van der Waals surface area contributed by atoms with Gasteiger partial charge in [-0.3, -0.25) is 4.90 Å². The van der Waals surface area contributed by atoms with E-state index in [4.69, 9.17) is 0 Å². The Balaban J connectivity index is 1.61. The molecule has 0 aromatic heterocycles. The van der Waals surface area contributed by atoms with E-state index in [1.807, 2.05) is 0 Å². The van der Waals surface area contributed by atoms with Crippen molar-refractivity contribution in [2.24, 2.45) is 5.92 Å². The molecule has 0 amide bonds. The zero-order valence-electron chi connectivity index (χ0n) is 12.8. The summed E-state index contributed by atoms with van der Waals surface area (Å²) >= 11 is 0. The van der Waals surface area contributed by atoms with E-state index < -0.39 is 0 Å². The molecule has 0 radical (unpaired) electrons. The van der Waals surface area contributed by atoms with Gasteiger partial charge in [-0.25, -0.2) is 0 Å². The molecule has 1 aromatic rings. The van der Waals surface area contributed by atoms with Crippen LogP contribution in [-0.2, 0) is 6.54 Å². The Hall–Kier alpha value is -1.02. The van der Waals surface area contributed by atoms with Crippen LogP contribution in [0.4, 0.5) is 5.69 Å². The summed E-state index contributed by atoms with van der Waals surface area (Å²) in [6.45, 7) is 6.06. The van der Waals surface area contributed by atoms with Gasteiger partial charge in [-0.15, -0.1) is 0 Å². The Morgan fingerprint density at radius 3 is 2.70 bits per heavy atom. The third-order valence-corrected chi connectivity index (χ3v) is 5.00. The highest BCUT2D eigenvalue weighted by Gasteiger charge is 2.21. The van der Waals surface area contributed by atoms with Crippen molar-refractivity contribution in [2.75, 3.05) is 18.4 Å². The monoisotopic (exact) mass is 272 g/mol. The smallest absolute Gasteiger partial charge is 0.0345 e. The van der Waals surface area contributed by atoms with E-state index in [0.29, 0.717) is 6.04 Å². The maximum Gasteiger partial charge on any atom is 0.0345 e. The van der Waals surface area contributed by atoms with Gasteiger partial charge in [0, 0.05) is 18.3 Å². The first-order chi connectivity index (χ1) is 9.81. The number of likely N-dealkylation sites (tertiary alicyclic amines) is 1. The molecule has 2 heteroatoms. The maximum absolute atomic E-state index is 3.78. The second-order valence-electron chi connectivity index (χ2n) is 6.70. The van der Waals surface area contributed by atoms with Crippen LogP contribution in [0.2, 0.25) is 0 Å². The minimum Gasteiger partial charge on any atom is -0.382 e. The summed E-state index contributed by atoms with van der Waals surface area (Å²) in [7, 11) is 0. The van der Waals surface area contributed by atoms with Gasteiger partial charge in [-0.05, 0) is 62.4 Å². The molecule has 1 saturated carbocycles.